The normalized spacial score (nSPS) is 10.5. The summed E-state index contributed by atoms with van der Waals surface area (Å²) in [5.74, 6) is -4.57. The van der Waals surface area contributed by atoms with Crippen LogP contribution in [0.5, 0.6) is 5.75 Å². The highest BCUT2D eigenvalue weighted by Crippen LogP contribution is 2.25. The van der Waals surface area contributed by atoms with Crippen molar-refractivity contribution >= 4 is 21.7 Å². The van der Waals surface area contributed by atoms with Gasteiger partial charge < -0.3 is 4.74 Å². The highest BCUT2D eigenvalue weighted by molar-refractivity contribution is 9.10. The molecule has 0 radical (unpaired) electrons. The Kier molecular flexibility index (Phi) is 4.67. The first-order valence-electron chi connectivity index (χ1n) is 5.93. The van der Waals surface area contributed by atoms with E-state index in [9.17, 15) is 18.0 Å². The molecule has 0 aromatic heterocycles. The standard InChI is InChI=1S/C15H10BrF3O2/c1-21-9-2-4-11(16)8(6-9)7-13(20)10-3-5-12(17)15(19)14(10)18/h2-6H,7H2,1H3. The average molecular weight is 359 g/mol. The van der Waals surface area contributed by atoms with Crippen LogP contribution in [0.15, 0.2) is 34.8 Å². The highest BCUT2D eigenvalue weighted by Gasteiger charge is 2.19. The first-order chi connectivity index (χ1) is 9.93. The molecule has 21 heavy (non-hydrogen) atoms. The molecule has 6 heteroatoms. The van der Waals surface area contributed by atoms with Crippen LogP contribution in [0.3, 0.4) is 0 Å². The Bertz CT molecular complexity index is 702. The summed E-state index contributed by atoms with van der Waals surface area (Å²) >= 11 is 3.27. The molecule has 2 rings (SSSR count). The van der Waals surface area contributed by atoms with Gasteiger partial charge in [0.15, 0.2) is 23.2 Å². The van der Waals surface area contributed by atoms with Crippen molar-refractivity contribution in [2.24, 2.45) is 0 Å². The van der Waals surface area contributed by atoms with Gasteiger partial charge in [0.1, 0.15) is 5.75 Å². The second-order valence-corrected chi connectivity index (χ2v) is 5.13. The van der Waals surface area contributed by atoms with E-state index in [0.29, 0.717) is 15.8 Å². The minimum absolute atomic E-state index is 0.167. The van der Waals surface area contributed by atoms with Gasteiger partial charge in [-0.15, -0.1) is 0 Å². The van der Waals surface area contributed by atoms with Gasteiger partial charge in [0.25, 0.3) is 0 Å². The van der Waals surface area contributed by atoms with Crippen molar-refractivity contribution in [1.29, 1.82) is 0 Å². The molecular formula is C15H10BrF3O2. The fraction of sp³-hybridized carbons (Fsp3) is 0.133. The maximum atomic E-state index is 13.6. The van der Waals surface area contributed by atoms with Gasteiger partial charge in [-0.05, 0) is 35.9 Å². The lowest BCUT2D eigenvalue weighted by molar-refractivity contribution is 0.0987. The Morgan fingerprint density at radius 3 is 2.52 bits per heavy atom. The molecule has 0 N–H and O–H groups in total. The van der Waals surface area contributed by atoms with E-state index >= 15 is 0 Å². The molecule has 0 spiro atoms. The quantitative estimate of drug-likeness (QED) is 0.601. The fourth-order valence-corrected chi connectivity index (χ4v) is 2.21. The van der Waals surface area contributed by atoms with Crippen LogP contribution in [0.25, 0.3) is 0 Å². The second kappa shape index (κ2) is 6.30. The van der Waals surface area contributed by atoms with Gasteiger partial charge in [-0.2, -0.15) is 0 Å². The number of halogens is 4. The van der Waals surface area contributed by atoms with Crippen molar-refractivity contribution in [3.05, 3.63) is 63.4 Å². The van der Waals surface area contributed by atoms with Crippen LogP contribution < -0.4 is 4.74 Å². The fourth-order valence-electron chi connectivity index (χ4n) is 1.82. The maximum absolute atomic E-state index is 13.6. The Balaban J connectivity index is 2.32. The molecule has 0 unspecified atom stereocenters. The van der Waals surface area contributed by atoms with Crippen LogP contribution in [0.2, 0.25) is 0 Å². The Hall–Kier alpha value is -1.82. The van der Waals surface area contributed by atoms with Crippen molar-refractivity contribution < 1.29 is 22.7 Å². The van der Waals surface area contributed by atoms with E-state index in [1.807, 2.05) is 0 Å². The minimum Gasteiger partial charge on any atom is -0.497 e. The summed E-state index contributed by atoms with van der Waals surface area (Å²) in [6.07, 6.45) is -0.167. The third-order valence-corrected chi connectivity index (χ3v) is 3.71. The summed E-state index contributed by atoms with van der Waals surface area (Å²) in [4.78, 5) is 12.1. The molecule has 0 amide bonds. The number of ketones is 1. The maximum Gasteiger partial charge on any atom is 0.195 e. The summed E-state index contributed by atoms with van der Waals surface area (Å²) in [6, 6.07) is 6.65. The molecule has 110 valence electrons. The smallest absolute Gasteiger partial charge is 0.195 e. The molecule has 0 aliphatic heterocycles. The zero-order valence-electron chi connectivity index (χ0n) is 10.9. The third-order valence-electron chi connectivity index (χ3n) is 2.94. The Labute approximate surface area is 127 Å². The molecule has 0 aliphatic carbocycles. The molecule has 2 aromatic carbocycles. The molecular weight excluding hydrogens is 349 g/mol. The molecule has 0 saturated heterocycles. The predicted octanol–water partition coefficient (Wildman–Crippen LogP) is 4.30. The summed E-state index contributed by atoms with van der Waals surface area (Å²) in [6.45, 7) is 0. The highest BCUT2D eigenvalue weighted by atomic mass is 79.9. The van der Waals surface area contributed by atoms with Gasteiger partial charge in [0.2, 0.25) is 0 Å². The molecule has 0 bridgehead atoms. The van der Waals surface area contributed by atoms with E-state index in [1.54, 1.807) is 18.2 Å². The summed E-state index contributed by atoms with van der Waals surface area (Å²) in [7, 11) is 1.48. The number of hydrogen-bond acceptors (Lipinski definition) is 2. The van der Waals surface area contributed by atoms with E-state index < -0.39 is 28.8 Å². The zero-order chi connectivity index (χ0) is 15.6. The molecule has 0 fully saturated rings. The molecule has 0 aliphatic rings. The van der Waals surface area contributed by atoms with Gasteiger partial charge in [-0.3, -0.25) is 4.79 Å². The summed E-state index contributed by atoms with van der Waals surface area (Å²) in [5, 5.41) is 0. The van der Waals surface area contributed by atoms with Gasteiger partial charge >= 0.3 is 0 Å². The average Bonchev–Trinajstić information content (AvgIpc) is 2.47. The first kappa shape index (κ1) is 15.6. The Morgan fingerprint density at radius 2 is 1.86 bits per heavy atom. The second-order valence-electron chi connectivity index (χ2n) is 4.28. The number of hydrogen-bond donors (Lipinski definition) is 0. The van der Waals surface area contributed by atoms with Gasteiger partial charge in [0, 0.05) is 10.9 Å². The van der Waals surface area contributed by atoms with Crippen molar-refractivity contribution in [3.63, 3.8) is 0 Å². The van der Waals surface area contributed by atoms with Crippen LogP contribution in [0, 0.1) is 17.5 Å². The lowest BCUT2D eigenvalue weighted by atomic mass is 10.0. The lowest BCUT2D eigenvalue weighted by Gasteiger charge is -2.08. The predicted molar refractivity (Wildman–Crippen MR) is 75.0 cm³/mol. The lowest BCUT2D eigenvalue weighted by Crippen LogP contribution is -2.09. The number of ether oxygens (including phenoxy) is 1. The van der Waals surface area contributed by atoms with Crippen LogP contribution in [-0.2, 0) is 6.42 Å². The Morgan fingerprint density at radius 1 is 1.14 bits per heavy atom. The largest absolute Gasteiger partial charge is 0.497 e. The third kappa shape index (κ3) is 3.26. The number of rotatable bonds is 4. The number of Topliss-reactive ketones (excluding diaryl/α,β-unsaturated/α-hetero) is 1. The molecule has 2 aromatic rings. The van der Waals surface area contributed by atoms with Crippen LogP contribution in [0.4, 0.5) is 13.2 Å². The van der Waals surface area contributed by atoms with Crippen LogP contribution >= 0.6 is 15.9 Å². The van der Waals surface area contributed by atoms with Crippen molar-refractivity contribution in [3.8, 4) is 5.75 Å². The van der Waals surface area contributed by atoms with Crippen molar-refractivity contribution in [1.82, 2.24) is 0 Å². The molecule has 0 heterocycles. The van der Waals surface area contributed by atoms with Crippen molar-refractivity contribution in [2.45, 2.75) is 6.42 Å². The summed E-state index contributed by atoms with van der Waals surface area (Å²) < 4.78 is 45.3. The van der Waals surface area contributed by atoms with E-state index in [4.69, 9.17) is 4.74 Å². The number of benzene rings is 2. The van der Waals surface area contributed by atoms with E-state index in [2.05, 4.69) is 15.9 Å². The zero-order valence-corrected chi connectivity index (χ0v) is 12.5. The first-order valence-corrected chi connectivity index (χ1v) is 6.72. The van der Waals surface area contributed by atoms with E-state index in [0.717, 1.165) is 12.1 Å². The van der Waals surface area contributed by atoms with Crippen LogP contribution in [0.1, 0.15) is 15.9 Å². The monoisotopic (exact) mass is 358 g/mol. The van der Waals surface area contributed by atoms with Gasteiger partial charge in [0.05, 0.1) is 12.7 Å². The van der Waals surface area contributed by atoms with E-state index in [-0.39, 0.29) is 6.42 Å². The molecule has 2 nitrogen and oxygen atoms in total. The number of methoxy groups -OCH3 is 1. The molecule has 0 saturated carbocycles. The number of carbonyl (C=O) groups excluding carboxylic acids is 1. The van der Waals surface area contributed by atoms with E-state index in [1.165, 1.54) is 7.11 Å². The SMILES string of the molecule is COc1ccc(Br)c(CC(=O)c2ccc(F)c(F)c2F)c1. The molecule has 0 atom stereocenters. The van der Waals surface area contributed by atoms with Gasteiger partial charge in [-0.1, -0.05) is 15.9 Å². The summed E-state index contributed by atoms with van der Waals surface area (Å²) in [5.41, 5.74) is 0.0760. The number of carbonyl (C=O) groups is 1. The van der Waals surface area contributed by atoms with Crippen LogP contribution in [-0.4, -0.2) is 12.9 Å². The topological polar surface area (TPSA) is 26.3 Å². The van der Waals surface area contributed by atoms with Crippen molar-refractivity contribution in [2.75, 3.05) is 7.11 Å². The minimum atomic E-state index is -1.65. The van der Waals surface area contributed by atoms with Gasteiger partial charge in [-0.25, -0.2) is 13.2 Å².